The highest BCUT2D eigenvalue weighted by Crippen LogP contribution is 2.21. The van der Waals surface area contributed by atoms with E-state index in [-0.39, 0.29) is 0 Å². The smallest absolute Gasteiger partial charge is 0.0445 e. The van der Waals surface area contributed by atoms with E-state index in [4.69, 9.17) is 0 Å². The lowest BCUT2D eigenvalue weighted by Gasteiger charge is -2.26. The molecule has 0 unspecified atom stereocenters. The van der Waals surface area contributed by atoms with Crippen molar-refractivity contribution in [3.8, 4) is 0 Å². The number of hydrogen-bond acceptors (Lipinski definition) is 3. The summed E-state index contributed by atoms with van der Waals surface area (Å²) in [4.78, 5) is 6.94. The number of anilines is 1. The van der Waals surface area contributed by atoms with Crippen molar-refractivity contribution in [3.05, 3.63) is 23.5 Å². The van der Waals surface area contributed by atoms with Gasteiger partial charge < -0.3 is 10.2 Å². The summed E-state index contributed by atoms with van der Waals surface area (Å²) in [7, 11) is 0. The van der Waals surface area contributed by atoms with Crippen LogP contribution >= 0.6 is 0 Å². The molecule has 0 aliphatic carbocycles. The Morgan fingerprint density at radius 1 is 1.30 bits per heavy atom. The van der Waals surface area contributed by atoms with E-state index in [0.29, 0.717) is 5.92 Å². The van der Waals surface area contributed by atoms with Gasteiger partial charge in [-0.15, -0.1) is 0 Å². The minimum Gasteiger partial charge on any atom is -0.371 e. The van der Waals surface area contributed by atoms with E-state index >= 15 is 0 Å². The molecule has 114 valence electrons. The van der Waals surface area contributed by atoms with E-state index in [1.54, 1.807) is 0 Å². The maximum Gasteiger partial charge on any atom is 0.0445 e. The predicted molar refractivity (Wildman–Crippen MR) is 88.3 cm³/mol. The Morgan fingerprint density at radius 2 is 2.05 bits per heavy atom. The molecule has 0 spiro atoms. The van der Waals surface area contributed by atoms with Gasteiger partial charge in [-0.25, -0.2) is 0 Å². The predicted octanol–water partition coefficient (Wildman–Crippen LogP) is 3.76. The first-order valence-corrected chi connectivity index (χ1v) is 7.99. The summed E-state index contributed by atoms with van der Waals surface area (Å²) in [5, 5.41) is 3.53. The van der Waals surface area contributed by atoms with Gasteiger partial charge in [0.2, 0.25) is 0 Å². The molecule has 0 aliphatic heterocycles. The minimum absolute atomic E-state index is 0.680. The van der Waals surface area contributed by atoms with E-state index in [9.17, 15) is 0 Å². The molecule has 1 heterocycles. The summed E-state index contributed by atoms with van der Waals surface area (Å²) in [6.07, 6.45) is 4.52. The zero-order valence-corrected chi connectivity index (χ0v) is 13.9. The normalized spacial score (nSPS) is 11.1. The van der Waals surface area contributed by atoms with Crippen LogP contribution in [0.2, 0.25) is 0 Å². The summed E-state index contributed by atoms with van der Waals surface area (Å²) in [5.74, 6) is 0.680. The lowest BCUT2D eigenvalue weighted by atomic mass is 10.1. The van der Waals surface area contributed by atoms with Crippen LogP contribution in [0, 0.1) is 12.8 Å². The van der Waals surface area contributed by atoms with Crippen LogP contribution in [-0.2, 0) is 6.54 Å². The number of hydrogen-bond donors (Lipinski definition) is 1. The summed E-state index contributed by atoms with van der Waals surface area (Å²) in [6.45, 7) is 15.2. The Labute approximate surface area is 124 Å². The van der Waals surface area contributed by atoms with Crippen molar-refractivity contribution in [2.45, 2.75) is 54.0 Å². The van der Waals surface area contributed by atoms with Crippen LogP contribution in [0.25, 0.3) is 0 Å². The summed E-state index contributed by atoms with van der Waals surface area (Å²) in [6, 6.07) is 2.23. The Bertz CT molecular complexity index is 388. The van der Waals surface area contributed by atoms with E-state index < -0.39 is 0 Å². The molecule has 3 nitrogen and oxygen atoms in total. The van der Waals surface area contributed by atoms with Gasteiger partial charge >= 0.3 is 0 Å². The largest absolute Gasteiger partial charge is 0.371 e. The number of aryl methyl sites for hydroxylation is 1. The maximum atomic E-state index is 4.47. The fraction of sp³-hybridized carbons (Fsp3) is 0.706. The number of nitrogens with one attached hydrogen (secondary N) is 1. The van der Waals surface area contributed by atoms with Gasteiger partial charge in [-0.1, -0.05) is 27.2 Å². The number of aromatic nitrogens is 1. The average molecular weight is 277 g/mol. The Morgan fingerprint density at radius 3 is 2.65 bits per heavy atom. The molecular formula is C17H31N3. The van der Waals surface area contributed by atoms with Crippen LogP contribution in [0.4, 0.5) is 5.69 Å². The minimum atomic E-state index is 0.680. The lowest BCUT2D eigenvalue weighted by Crippen LogP contribution is -2.27. The van der Waals surface area contributed by atoms with Crippen LogP contribution < -0.4 is 10.2 Å². The van der Waals surface area contributed by atoms with Gasteiger partial charge in [0.25, 0.3) is 0 Å². The molecule has 1 aromatic rings. The number of nitrogens with zero attached hydrogens (tertiary/aromatic N) is 2. The first-order valence-electron chi connectivity index (χ1n) is 7.99. The third-order valence-electron chi connectivity index (χ3n) is 3.47. The molecule has 0 bridgehead atoms. The van der Waals surface area contributed by atoms with Crippen LogP contribution in [0.15, 0.2) is 12.3 Å². The molecule has 0 aromatic carbocycles. The van der Waals surface area contributed by atoms with Crippen molar-refractivity contribution in [2.75, 3.05) is 24.5 Å². The van der Waals surface area contributed by atoms with Crippen molar-refractivity contribution in [2.24, 2.45) is 5.92 Å². The highest BCUT2D eigenvalue weighted by molar-refractivity contribution is 5.53. The fourth-order valence-electron chi connectivity index (χ4n) is 2.30. The van der Waals surface area contributed by atoms with Crippen LogP contribution in [0.3, 0.4) is 0 Å². The second kappa shape index (κ2) is 8.96. The van der Waals surface area contributed by atoms with E-state index in [2.05, 4.69) is 55.9 Å². The van der Waals surface area contributed by atoms with Gasteiger partial charge in [0, 0.05) is 42.8 Å². The van der Waals surface area contributed by atoms with Gasteiger partial charge in [0.1, 0.15) is 0 Å². The number of unbranched alkanes of at least 4 members (excludes halogenated alkanes) is 1. The first kappa shape index (κ1) is 17.0. The molecular weight excluding hydrogens is 246 g/mol. The van der Waals surface area contributed by atoms with Crippen LogP contribution in [0.5, 0.6) is 0 Å². The standard InChI is InChI=1S/C17H31N3/c1-6-8-9-20(7-2)17-10-15(5)19-13-16(17)12-18-11-14(3)4/h10,13-14,18H,6-9,11-12H2,1-5H3. The molecule has 0 aliphatic rings. The number of rotatable bonds is 9. The second-order valence-corrected chi connectivity index (χ2v) is 5.91. The summed E-state index contributed by atoms with van der Waals surface area (Å²) >= 11 is 0. The third kappa shape index (κ3) is 5.49. The monoisotopic (exact) mass is 277 g/mol. The van der Waals surface area contributed by atoms with Crippen LogP contribution in [-0.4, -0.2) is 24.6 Å². The Balaban J connectivity index is 2.82. The molecule has 0 amide bonds. The molecule has 20 heavy (non-hydrogen) atoms. The van der Waals surface area contributed by atoms with Crippen molar-refractivity contribution in [3.63, 3.8) is 0 Å². The second-order valence-electron chi connectivity index (χ2n) is 5.91. The highest BCUT2D eigenvalue weighted by atomic mass is 15.1. The molecule has 1 aromatic heterocycles. The van der Waals surface area contributed by atoms with E-state index in [1.807, 2.05) is 6.20 Å². The highest BCUT2D eigenvalue weighted by Gasteiger charge is 2.10. The quantitative estimate of drug-likeness (QED) is 0.745. The molecule has 1 rings (SSSR count). The molecule has 0 radical (unpaired) electrons. The van der Waals surface area contributed by atoms with Gasteiger partial charge in [-0.05, 0) is 38.8 Å². The molecule has 0 fully saturated rings. The van der Waals surface area contributed by atoms with Crippen molar-refractivity contribution < 1.29 is 0 Å². The van der Waals surface area contributed by atoms with Crippen molar-refractivity contribution in [1.82, 2.24) is 10.3 Å². The zero-order valence-electron chi connectivity index (χ0n) is 13.9. The Kier molecular flexibility index (Phi) is 7.60. The lowest BCUT2D eigenvalue weighted by molar-refractivity contribution is 0.551. The zero-order chi connectivity index (χ0) is 15.0. The van der Waals surface area contributed by atoms with Crippen molar-refractivity contribution >= 4 is 5.69 Å². The molecule has 0 saturated heterocycles. The average Bonchev–Trinajstić information content (AvgIpc) is 2.41. The van der Waals surface area contributed by atoms with Gasteiger partial charge in [0.15, 0.2) is 0 Å². The summed E-state index contributed by atoms with van der Waals surface area (Å²) < 4.78 is 0. The SMILES string of the molecule is CCCCN(CC)c1cc(C)ncc1CNCC(C)C. The summed E-state index contributed by atoms with van der Waals surface area (Å²) in [5.41, 5.74) is 3.77. The fourth-order valence-corrected chi connectivity index (χ4v) is 2.30. The molecule has 3 heteroatoms. The molecule has 1 N–H and O–H groups in total. The van der Waals surface area contributed by atoms with Gasteiger partial charge in [-0.3, -0.25) is 4.98 Å². The number of pyridine rings is 1. The topological polar surface area (TPSA) is 28.2 Å². The third-order valence-corrected chi connectivity index (χ3v) is 3.47. The van der Waals surface area contributed by atoms with Gasteiger partial charge in [-0.2, -0.15) is 0 Å². The van der Waals surface area contributed by atoms with E-state index in [0.717, 1.165) is 31.9 Å². The molecule has 0 saturated carbocycles. The Hall–Kier alpha value is -1.09. The first-order chi connectivity index (χ1) is 9.58. The molecule has 0 atom stereocenters. The maximum absolute atomic E-state index is 4.47. The van der Waals surface area contributed by atoms with Crippen LogP contribution in [0.1, 0.15) is 51.8 Å². The van der Waals surface area contributed by atoms with E-state index in [1.165, 1.54) is 24.1 Å². The van der Waals surface area contributed by atoms with Crippen molar-refractivity contribution in [1.29, 1.82) is 0 Å². The van der Waals surface area contributed by atoms with Gasteiger partial charge in [0.05, 0.1) is 0 Å².